The topological polar surface area (TPSA) is 91.3 Å². The summed E-state index contributed by atoms with van der Waals surface area (Å²) in [5.41, 5.74) is 0.878. The molecule has 1 aromatic rings. The van der Waals surface area contributed by atoms with E-state index < -0.39 is 31.5 Å². The second kappa shape index (κ2) is 6.89. The summed E-state index contributed by atoms with van der Waals surface area (Å²) >= 11 is 0. The third kappa shape index (κ3) is 6.24. The molecule has 0 saturated carbocycles. The van der Waals surface area contributed by atoms with E-state index in [2.05, 4.69) is 0 Å². The van der Waals surface area contributed by atoms with Crippen molar-refractivity contribution in [2.45, 2.75) is 31.1 Å². The molecule has 5 nitrogen and oxygen atoms in total. The van der Waals surface area contributed by atoms with Crippen LogP contribution in [0.15, 0.2) is 29.2 Å². The Morgan fingerprint density at radius 1 is 0.950 bits per heavy atom. The summed E-state index contributed by atoms with van der Waals surface area (Å²) < 4.78 is 55.1. The molecule has 20 heavy (non-hydrogen) atoms. The van der Waals surface area contributed by atoms with Crippen molar-refractivity contribution in [3.63, 3.8) is 0 Å². The van der Waals surface area contributed by atoms with Gasteiger partial charge in [-0.15, -0.1) is 0 Å². The SMILES string of the molecule is CC(C)(C)c1ccc(S(=O)(=O)CCS(=O)(=O)[O-])cc1.[Na+]. The zero-order valence-electron chi connectivity index (χ0n) is 12.1. The molecule has 108 valence electrons. The maximum Gasteiger partial charge on any atom is 1.00 e. The van der Waals surface area contributed by atoms with Gasteiger partial charge in [-0.3, -0.25) is 0 Å². The zero-order chi connectivity index (χ0) is 14.9. The molecule has 0 atom stereocenters. The number of hydrogen-bond acceptors (Lipinski definition) is 5. The molecule has 0 saturated heterocycles. The van der Waals surface area contributed by atoms with Crippen molar-refractivity contribution in [3.8, 4) is 0 Å². The minimum atomic E-state index is -4.53. The smallest absolute Gasteiger partial charge is 0.748 e. The van der Waals surface area contributed by atoms with Gasteiger partial charge < -0.3 is 4.55 Å². The Morgan fingerprint density at radius 3 is 1.75 bits per heavy atom. The number of sulfone groups is 1. The normalized spacial score (nSPS) is 12.8. The molecule has 0 spiro atoms. The second-order valence-electron chi connectivity index (χ2n) is 5.36. The third-order valence-electron chi connectivity index (χ3n) is 2.68. The molecular formula is C12H17NaO5S2. The first kappa shape index (κ1) is 20.1. The van der Waals surface area contributed by atoms with Gasteiger partial charge in [-0.2, -0.15) is 0 Å². The first-order valence-corrected chi connectivity index (χ1v) is 8.92. The number of rotatable bonds is 4. The van der Waals surface area contributed by atoms with Gasteiger partial charge in [-0.25, -0.2) is 16.8 Å². The monoisotopic (exact) mass is 328 g/mol. The molecule has 0 aromatic heterocycles. The van der Waals surface area contributed by atoms with E-state index in [1.807, 2.05) is 20.8 Å². The number of benzene rings is 1. The van der Waals surface area contributed by atoms with Crippen LogP contribution in [0.4, 0.5) is 0 Å². The Morgan fingerprint density at radius 2 is 1.40 bits per heavy atom. The van der Waals surface area contributed by atoms with Crippen LogP contribution in [0.25, 0.3) is 0 Å². The fraction of sp³-hybridized carbons (Fsp3) is 0.500. The van der Waals surface area contributed by atoms with Crippen LogP contribution in [-0.4, -0.2) is 32.9 Å². The van der Waals surface area contributed by atoms with Gasteiger partial charge in [0.25, 0.3) is 0 Å². The van der Waals surface area contributed by atoms with Crippen LogP contribution in [0.3, 0.4) is 0 Å². The summed E-state index contributed by atoms with van der Waals surface area (Å²) in [6, 6.07) is 6.26. The molecule has 0 amide bonds. The van der Waals surface area contributed by atoms with E-state index in [1.165, 1.54) is 12.1 Å². The van der Waals surface area contributed by atoms with Gasteiger partial charge in [0, 0.05) is 0 Å². The molecule has 0 heterocycles. The Kier molecular flexibility index (Phi) is 6.92. The van der Waals surface area contributed by atoms with Crippen LogP contribution < -0.4 is 29.6 Å². The summed E-state index contributed by atoms with van der Waals surface area (Å²) in [7, 11) is -8.26. The average molecular weight is 328 g/mol. The summed E-state index contributed by atoms with van der Waals surface area (Å²) in [6.45, 7) is 6.00. The summed E-state index contributed by atoms with van der Waals surface area (Å²) in [5, 5.41) is 0. The average Bonchev–Trinajstić information content (AvgIpc) is 2.25. The minimum absolute atomic E-state index is 0. The first-order chi connectivity index (χ1) is 8.42. The summed E-state index contributed by atoms with van der Waals surface area (Å²) in [6.07, 6.45) is 0. The van der Waals surface area contributed by atoms with E-state index in [-0.39, 0.29) is 39.9 Å². The van der Waals surface area contributed by atoms with Crippen LogP contribution >= 0.6 is 0 Å². The third-order valence-corrected chi connectivity index (χ3v) is 5.38. The number of hydrogen-bond donors (Lipinski definition) is 0. The van der Waals surface area contributed by atoms with E-state index in [0.29, 0.717) is 0 Å². The Hall–Kier alpha value is 0.0800. The predicted octanol–water partition coefficient (Wildman–Crippen LogP) is -1.69. The Balaban J connectivity index is 0.00000361. The molecule has 0 aliphatic carbocycles. The second-order valence-corrected chi connectivity index (χ2v) is 8.99. The van der Waals surface area contributed by atoms with Gasteiger partial charge in [0.1, 0.15) is 0 Å². The van der Waals surface area contributed by atoms with Gasteiger partial charge in [0.05, 0.1) is 26.5 Å². The Bertz CT molecular complexity index is 640. The van der Waals surface area contributed by atoms with Gasteiger partial charge in [-0.05, 0) is 23.1 Å². The molecule has 0 N–H and O–H groups in total. The van der Waals surface area contributed by atoms with E-state index >= 15 is 0 Å². The zero-order valence-corrected chi connectivity index (χ0v) is 15.7. The molecular weight excluding hydrogens is 311 g/mol. The van der Waals surface area contributed by atoms with Crippen LogP contribution in [0.1, 0.15) is 26.3 Å². The van der Waals surface area contributed by atoms with Gasteiger partial charge in [0.2, 0.25) is 0 Å². The van der Waals surface area contributed by atoms with Gasteiger partial charge >= 0.3 is 29.6 Å². The standard InChI is InChI=1S/C12H18O5S2.Na/c1-12(2,3)10-4-6-11(7-5-10)18(13,14)8-9-19(15,16)17;/h4-7H,8-9H2,1-3H3,(H,15,16,17);/q;+1/p-1. The first-order valence-electron chi connectivity index (χ1n) is 5.69. The summed E-state index contributed by atoms with van der Waals surface area (Å²) in [4.78, 5) is 0.0316. The molecule has 0 fully saturated rings. The van der Waals surface area contributed by atoms with Crippen molar-refractivity contribution in [2.75, 3.05) is 11.5 Å². The van der Waals surface area contributed by atoms with Crippen LogP contribution in [0.5, 0.6) is 0 Å². The van der Waals surface area contributed by atoms with E-state index in [9.17, 15) is 21.4 Å². The van der Waals surface area contributed by atoms with Crippen molar-refractivity contribution in [2.24, 2.45) is 0 Å². The summed E-state index contributed by atoms with van der Waals surface area (Å²) in [5.74, 6) is -1.59. The molecule has 0 unspecified atom stereocenters. The molecule has 8 heteroatoms. The predicted molar refractivity (Wildman–Crippen MR) is 71.8 cm³/mol. The van der Waals surface area contributed by atoms with Crippen molar-refractivity contribution in [1.82, 2.24) is 0 Å². The maximum atomic E-state index is 11.8. The van der Waals surface area contributed by atoms with Crippen molar-refractivity contribution in [1.29, 1.82) is 0 Å². The maximum absolute atomic E-state index is 11.8. The van der Waals surface area contributed by atoms with Crippen LogP contribution in [-0.2, 0) is 25.4 Å². The van der Waals surface area contributed by atoms with E-state index in [1.54, 1.807) is 12.1 Å². The molecule has 1 rings (SSSR count). The van der Waals surface area contributed by atoms with Crippen LogP contribution in [0.2, 0.25) is 0 Å². The molecule has 0 aliphatic heterocycles. The van der Waals surface area contributed by atoms with Gasteiger partial charge in [0.15, 0.2) is 9.84 Å². The van der Waals surface area contributed by atoms with Crippen molar-refractivity contribution in [3.05, 3.63) is 29.8 Å². The van der Waals surface area contributed by atoms with Crippen LogP contribution in [0, 0.1) is 0 Å². The Labute approximate surface area is 142 Å². The van der Waals surface area contributed by atoms with Crippen molar-refractivity contribution < 1.29 is 50.9 Å². The largest absolute Gasteiger partial charge is 1.00 e. The molecule has 0 aliphatic rings. The van der Waals surface area contributed by atoms with Gasteiger partial charge in [-0.1, -0.05) is 32.9 Å². The molecule has 1 aromatic carbocycles. The molecule has 0 radical (unpaired) electrons. The fourth-order valence-electron chi connectivity index (χ4n) is 1.49. The van der Waals surface area contributed by atoms with Crippen molar-refractivity contribution >= 4 is 20.0 Å². The molecule has 0 bridgehead atoms. The van der Waals surface area contributed by atoms with E-state index in [4.69, 9.17) is 0 Å². The van der Waals surface area contributed by atoms with E-state index in [0.717, 1.165) is 5.56 Å². The quantitative estimate of drug-likeness (QED) is 0.486. The fourth-order valence-corrected chi connectivity index (χ4v) is 3.97. The minimum Gasteiger partial charge on any atom is -0.748 e.